The standard InChI is InChI=1S/C24H44O3Si/c1-5-24(23-19-15-11-12-16-20-23,21-22-17-13-9-10-14-18-22)27-28(8-4,25-6-2)26-7-3/h17,19H,5-16,18,20-21H2,1-4H3. The summed E-state index contributed by atoms with van der Waals surface area (Å²) >= 11 is 0. The Morgan fingerprint density at radius 3 is 2.07 bits per heavy atom. The van der Waals surface area contributed by atoms with Crippen LogP contribution in [0.2, 0.25) is 6.04 Å². The molecule has 2 rings (SSSR count). The topological polar surface area (TPSA) is 27.7 Å². The minimum Gasteiger partial charge on any atom is -0.374 e. The van der Waals surface area contributed by atoms with Gasteiger partial charge < -0.3 is 13.3 Å². The van der Waals surface area contributed by atoms with Crippen LogP contribution in [0.25, 0.3) is 0 Å². The lowest BCUT2D eigenvalue weighted by Gasteiger charge is -2.43. The summed E-state index contributed by atoms with van der Waals surface area (Å²) in [7, 11) is -2.69. The van der Waals surface area contributed by atoms with Crippen molar-refractivity contribution in [3.63, 3.8) is 0 Å². The first-order chi connectivity index (χ1) is 13.6. The molecule has 0 amide bonds. The van der Waals surface area contributed by atoms with Gasteiger partial charge in [-0.05, 0) is 77.2 Å². The van der Waals surface area contributed by atoms with Crippen LogP contribution >= 0.6 is 0 Å². The van der Waals surface area contributed by atoms with Gasteiger partial charge in [0.25, 0.3) is 0 Å². The Morgan fingerprint density at radius 2 is 1.46 bits per heavy atom. The van der Waals surface area contributed by atoms with E-state index in [2.05, 4.69) is 39.8 Å². The summed E-state index contributed by atoms with van der Waals surface area (Å²) in [6, 6.07) is 0.836. The van der Waals surface area contributed by atoms with Crippen molar-refractivity contribution in [2.45, 2.75) is 116 Å². The van der Waals surface area contributed by atoms with Crippen LogP contribution < -0.4 is 0 Å². The van der Waals surface area contributed by atoms with E-state index in [1.165, 1.54) is 63.4 Å². The maximum absolute atomic E-state index is 7.13. The van der Waals surface area contributed by atoms with E-state index >= 15 is 0 Å². The highest BCUT2D eigenvalue weighted by Gasteiger charge is 2.48. The average Bonchev–Trinajstić information content (AvgIpc) is 3.13. The van der Waals surface area contributed by atoms with Gasteiger partial charge >= 0.3 is 8.80 Å². The van der Waals surface area contributed by atoms with E-state index in [0.29, 0.717) is 13.2 Å². The van der Waals surface area contributed by atoms with E-state index < -0.39 is 8.80 Å². The van der Waals surface area contributed by atoms with E-state index in [1.807, 2.05) is 0 Å². The smallest absolute Gasteiger partial charge is 0.374 e. The molecule has 1 atom stereocenters. The van der Waals surface area contributed by atoms with Gasteiger partial charge in [0.05, 0.1) is 5.60 Å². The highest BCUT2D eigenvalue weighted by Crippen LogP contribution is 2.42. The molecule has 0 N–H and O–H groups in total. The van der Waals surface area contributed by atoms with Crippen LogP contribution in [0.15, 0.2) is 23.3 Å². The molecule has 0 saturated heterocycles. The normalized spacial score (nSPS) is 21.3. The van der Waals surface area contributed by atoms with Crippen molar-refractivity contribution in [1.29, 1.82) is 0 Å². The summed E-state index contributed by atoms with van der Waals surface area (Å²) in [5.41, 5.74) is 2.85. The maximum atomic E-state index is 7.13. The predicted octanol–water partition coefficient (Wildman–Crippen LogP) is 7.35. The van der Waals surface area contributed by atoms with Crippen molar-refractivity contribution in [2.24, 2.45) is 0 Å². The van der Waals surface area contributed by atoms with Gasteiger partial charge in [-0.3, -0.25) is 0 Å². The van der Waals surface area contributed by atoms with Crippen molar-refractivity contribution >= 4 is 8.80 Å². The zero-order chi connectivity index (χ0) is 20.3. The van der Waals surface area contributed by atoms with Gasteiger partial charge in [0.15, 0.2) is 0 Å². The lowest BCUT2D eigenvalue weighted by molar-refractivity contribution is -0.0136. The molecule has 0 saturated carbocycles. The molecule has 0 aromatic rings. The molecular weight excluding hydrogens is 364 g/mol. The van der Waals surface area contributed by atoms with Crippen LogP contribution in [0.5, 0.6) is 0 Å². The SMILES string of the molecule is CCO[Si](CC)(OCC)OC(CC)(CC1=CCCCCC1)C1=CCCCCC1. The molecule has 0 bridgehead atoms. The number of allylic oxidation sites excluding steroid dienone is 2. The lowest BCUT2D eigenvalue weighted by Crippen LogP contribution is -2.53. The average molecular weight is 409 g/mol. The van der Waals surface area contributed by atoms with Crippen LogP contribution in [0.3, 0.4) is 0 Å². The first-order valence-corrected chi connectivity index (χ1v) is 13.9. The van der Waals surface area contributed by atoms with Gasteiger partial charge in [0.1, 0.15) is 0 Å². The molecule has 28 heavy (non-hydrogen) atoms. The Bertz CT molecular complexity index is 508. The monoisotopic (exact) mass is 408 g/mol. The summed E-state index contributed by atoms with van der Waals surface area (Å²) in [5.74, 6) is 0. The second-order valence-electron chi connectivity index (χ2n) is 8.32. The first-order valence-electron chi connectivity index (χ1n) is 12.0. The molecule has 0 radical (unpaired) electrons. The fourth-order valence-corrected chi connectivity index (χ4v) is 7.37. The molecule has 0 aromatic heterocycles. The summed E-state index contributed by atoms with van der Waals surface area (Å²) < 4.78 is 19.6. The molecule has 0 aromatic carbocycles. The number of hydrogen-bond acceptors (Lipinski definition) is 3. The number of rotatable bonds is 11. The third kappa shape index (κ3) is 6.55. The number of hydrogen-bond donors (Lipinski definition) is 0. The quantitative estimate of drug-likeness (QED) is 0.264. The van der Waals surface area contributed by atoms with Crippen molar-refractivity contribution in [3.05, 3.63) is 23.3 Å². The Morgan fingerprint density at radius 1 is 0.821 bits per heavy atom. The summed E-state index contributed by atoms with van der Waals surface area (Å²) in [6.45, 7) is 9.90. The van der Waals surface area contributed by atoms with Gasteiger partial charge in [-0.15, -0.1) is 0 Å². The second-order valence-corrected chi connectivity index (χ2v) is 11.2. The molecule has 4 heteroatoms. The summed E-state index contributed by atoms with van der Waals surface area (Å²) in [5, 5.41) is 0. The van der Waals surface area contributed by atoms with Gasteiger partial charge in [-0.2, -0.15) is 0 Å². The Balaban J connectivity index is 2.39. The van der Waals surface area contributed by atoms with E-state index in [0.717, 1.165) is 25.3 Å². The molecule has 0 fully saturated rings. The fraction of sp³-hybridized carbons (Fsp3) is 0.833. The van der Waals surface area contributed by atoms with E-state index in [1.54, 1.807) is 5.57 Å². The molecule has 162 valence electrons. The van der Waals surface area contributed by atoms with Crippen LogP contribution in [0.4, 0.5) is 0 Å². The minimum atomic E-state index is -2.69. The van der Waals surface area contributed by atoms with Gasteiger partial charge in [0, 0.05) is 25.7 Å². The zero-order valence-corrected chi connectivity index (χ0v) is 20.0. The molecule has 0 spiro atoms. The Labute approximate surface area is 175 Å². The van der Waals surface area contributed by atoms with Gasteiger partial charge in [0.2, 0.25) is 0 Å². The van der Waals surface area contributed by atoms with Crippen LogP contribution in [0.1, 0.15) is 105 Å². The highest BCUT2D eigenvalue weighted by atomic mass is 28.4. The summed E-state index contributed by atoms with van der Waals surface area (Å²) in [6.07, 6.45) is 19.7. The maximum Gasteiger partial charge on any atom is 0.501 e. The second kappa shape index (κ2) is 12.3. The van der Waals surface area contributed by atoms with Crippen molar-refractivity contribution in [2.75, 3.05) is 13.2 Å². The minimum absolute atomic E-state index is 0.257. The third-order valence-electron chi connectivity index (χ3n) is 6.36. The van der Waals surface area contributed by atoms with Crippen molar-refractivity contribution < 1.29 is 13.3 Å². The zero-order valence-electron chi connectivity index (χ0n) is 19.0. The fourth-order valence-electron chi connectivity index (χ4n) is 4.79. The van der Waals surface area contributed by atoms with Crippen LogP contribution in [0, 0.1) is 0 Å². The molecule has 1 unspecified atom stereocenters. The molecule has 2 aliphatic rings. The third-order valence-corrected chi connectivity index (χ3v) is 9.38. The molecule has 0 heterocycles. The molecule has 2 aliphatic carbocycles. The van der Waals surface area contributed by atoms with Crippen molar-refractivity contribution in [3.8, 4) is 0 Å². The van der Waals surface area contributed by atoms with Crippen LogP contribution in [-0.4, -0.2) is 27.6 Å². The lowest BCUT2D eigenvalue weighted by atomic mass is 9.81. The molecular formula is C24H44O3Si. The van der Waals surface area contributed by atoms with E-state index in [-0.39, 0.29) is 5.60 Å². The summed E-state index contributed by atoms with van der Waals surface area (Å²) in [4.78, 5) is 0. The predicted molar refractivity (Wildman–Crippen MR) is 121 cm³/mol. The van der Waals surface area contributed by atoms with E-state index in [9.17, 15) is 0 Å². The van der Waals surface area contributed by atoms with Crippen molar-refractivity contribution in [1.82, 2.24) is 0 Å². The van der Waals surface area contributed by atoms with Gasteiger partial charge in [-0.25, -0.2) is 0 Å². The molecule has 3 nitrogen and oxygen atoms in total. The Kier molecular flexibility index (Phi) is 10.5. The van der Waals surface area contributed by atoms with Gasteiger partial charge in [-0.1, -0.05) is 44.4 Å². The van der Waals surface area contributed by atoms with E-state index in [4.69, 9.17) is 13.3 Å². The largest absolute Gasteiger partial charge is 0.501 e. The molecule has 0 aliphatic heterocycles. The van der Waals surface area contributed by atoms with Crippen LogP contribution in [-0.2, 0) is 13.3 Å². The highest BCUT2D eigenvalue weighted by molar-refractivity contribution is 6.60. The first kappa shape index (κ1) is 23.9. The Hall–Kier alpha value is -0.423.